The molecule has 11 heavy (non-hydrogen) atoms. The minimum absolute atomic E-state index is 0. The second kappa shape index (κ2) is 10.6. The summed E-state index contributed by atoms with van der Waals surface area (Å²) in [6.45, 7) is 2.16. The van der Waals surface area contributed by atoms with Crippen molar-refractivity contribution in [3.63, 3.8) is 0 Å². The second-order valence-corrected chi connectivity index (χ2v) is 3.64. The molecule has 0 aliphatic carbocycles. The van der Waals surface area contributed by atoms with Crippen molar-refractivity contribution in [1.29, 1.82) is 0 Å². The van der Waals surface area contributed by atoms with Crippen molar-refractivity contribution >= 4 is 8.03 Å². The van der Waals surface area contributed by atoms with Crippen molar-refractivity contribution in [1.82, 2.24) is 0 Å². The fourth-order valence-electron chi connectivity index (χ4n) is 0.851. The summed E-state index contributed by atoms with van der Waals surface area (Å²) in [6, 6.07) is 0. The van der Waals surface area contributed by atoms with Gasteiger partial charge in [-0.2, -0.15) is 4.89 Å². The van der Waals surface area contributed by atoms with Crippen LogP contribution in [0.2, 0.25) is 0 Å². The van der Waals surface area contributed by atoms with Gasteiger partial charge in [0, 0.05) is 16.8 Å². The van der Waals surface area contributed by atoms with Crippen molar-refractivity contribution in [3.05, 3.63) is 0 Å². The van der Waals surface area contributed by atoms with E-state index < -0.39 is 8.03 Å². The van der Waals surface area contributed by atoms with Crippen molar-refractivity contribution in [2.45, 2.75) is 39.0 Å². The van der Waals surface area contributed by atoms with E-state index in [9.17, 15) is 4.57 Å². The molecule has 2 nitrogen and oxygen atoms in total. The van der Waals surface area contributed by atoms with E-state index in [0.717, 1.165) is 12.8 Å². The van der Waals surface area contributed by atoms with Gasteiger partial charge in [-0.1, -0.05) is 26.2 Å². The van der Waals surface area contributed by atoms with E-state index in [1.165, 1.54) is 19.3 Å². The van der Waals surface area contributed by atoms with Gasteiger partial charge in [-0.25, -0.2) is 0 Å². The second-order valence-electron chi connectivity index (χ2n) is 2.49. The van der Waals surface area contributed by atoms with E-state index in [0.29, 0.717) is 6.16 Å². The summed E-state index contributed by atoms with van der Waals surface area (Å²) in [6.07, 6.45) is 6.19. The van der Waals surface area contributed by atoms with Crippen LogP contribution in [0.1, 0.15) is 39.0 Å². The molecular formula is C7H16CoO2P+. The van der Waals surface area contributed by atoms with Gasteiger partial charge >= 0.3 is 8.03 Å². The summed E-state index contributed by atoms with van der Waals surface area (Å²) in [7, 11) is -1.87. The van der Waals surface area contributed by atoms with Gasteiger partial charge in [-0.15, -0.1) is 0 Å². The summed E-state index contributed by atoms with van der Waals surface area (Å²) in [5, 5.41) is 0. The number of hydrogen-bond donors (Lipinski definition) is 1. The summed E-state index contributed by atoms with van der Waals surface area (Å²) in [4.78, 5) is 8.42. The van der Waals surface area contributed by atoms with Crippen molar-refractivity contribution in [2.24, 2.45) is 0 Å². The zero-order valence-corrected chi connectivity index (χ0v) is 8.81. The Hall–Kier alpha value is 0.566. The molecule has 0 bridgehead atoms. The molecule has 0 saturated carbocycles. The van der Waals surface area contributed by atoms with Crippen LogP contribution >= 0.6 is 8.03 Å². The fraction of sp³-hybridized carbons (Fsp3) is 1.00. The molecule has 0 heterocycles. The van der Waals surface area contributed by atoms with Gasteiger partial charge in [0.2, 0.25) is 0 Å². The standard InChI is InChI=1S/C7H15O2P.Co/c1-2-3-4-5-6-7-10(8)9;/h2-7H2,1H3;/p+1. The number of unbranched alkanes of at least 4 members (excludes halogenated alkanes) is 4. The first-order valence-electron chi connectivity index (χ1n) is 3.91. The van der Waals surface area contributed by atoms with E-state index >= 15 is 0 Å². The maximum atomic E-state index is 10.2. The van der Waals surface area contributed by atoms with E-state index in [2.05, 4.69) is 6.92 Å². The van der Waals surface area contributed by atoms with Crippen molar-refractivity contribution < 1.29 is 26.2 Å². The van der Waals surface area contributed by atoms with Crippen LogP contribution in [-0.4, -0.2) is 11.1 Å². The molecule has 0 fully saturated rings. The average Bonchev–Trinajstić information content (AvgIpc) is 1.87. The monoisotopic (exact) mass is 222 g/mol. The largest absolute Gasteiger partial charge is 0.505 e. The summed E-state index contributed by atoms with van der Waals surface area (Å²) < 4.78 is 10.2. The third-order valence-corrected chi connectivity index (χ3v) is 2.15. The molecule has 0 aromatic rings. The summed E-state index contributed by atoms with van der Waals surface area (Å²) >= 11 is 0. The van der Waals surface area contributed by atoms with Gasteiger partial charge in [-0.3, -0.25) is 0 Å². The quantitative estimate of drug-likeness (QED) is 0.554. The Balaban J connectivity index is 0. The van der Waals surface area contributed by atoms with Crippen LogP contribution in [0, 0.1) is 0 Å². The molecule has 1 atom stereocenters. The molecule has 1 unspecified atom stereocenters. The van der Waals surface area contributed by atoms with Crippen molar-refractivity contribution in [2.75, 3.05) is 6.16 Å². The summed E-state index contributed by atoms with van der Waals surface area (Å²) in [5.74, 6) is 0. The van der Waals surface area contributed by atoms with E-state index in [1.54, 1.807) is 0 Å². The third kappa shape index (κ3) is 13.5. The SMILES string of the molecule is CCCCCCC[P+](=O)O.[Co]. The normalized spacial score (nSPS) is 10.5. The third-order valence-electron chi connectivity index (χ3n) is 1.45. The van der Waals surface area contributed by atoms with Gasteiger partial charge in [0.05, 0.1) is 0 Å². The minimum Gasteiger partial charge on any atom is -0.161 e. The van der Waals surface area contributed by atoms with Crippen LogP contribution in [0.4, 0.5) is 0 Å². The molecule has 0 aromatic heterocycles. The smallest absolute Gasteiger partial charge is 0.161 e. The molecule has 0 spiro atoms. The van der Waals surface area contributed by atoms with Crippen LogP contribution < -0.4 is 0 Å². The average molecular weight is 222 g/mol. The molecule has 0 saturated heterocycles. The first kappa shape index (κ1) is 14.1. The van der Waals surface area contributed by atoms with Crippen LogP contribution in [0.15, 0.2) is 0 Å². The zero-order valence-electron chi connectivity index (χ0n) is 6.88. The Labute approximate surface area is 79.8 Å². The first-order valence-corrected chi connectivity index (χ1v) is 5.30. The predicted octanol–water partition coefficient (Wildman–Crippen LogP) is 2.69. The Kier molecular flexibility index (Phi) is 13.6. The molecule has 0 aromatic carbocycles. The maximum Gasteiger partial charge on any atom is 0.505 e. The van der Waals surface area contributed by atoms with E-state index in [1.807, 2.05) is 0 Å². The zero-order chi connectivity index (χ0) is 7.82. The fourth-order valence-corrected chi connectivity index (χ4v) is 1.34. The van der Waals surface area contributed by atoms with Crippen molar-refractivity contribution in [3.8, 4) is 0 Å². The Morgan fingerprint density at radius 1 is 1.18 bits per heavy atom. The first-order chi connectivity index (χ1) is 4.77. The van der Waals surface area contributed by atoms with Gasteiger partial charge in [-0.05, 0) is 17.4 Å². The molecule has 1 radical (unpaired) electrons. The van der Waals surface area contributed by atoms with Gasteiger partial charge in [0.1, 0.15) is 0 Å². The van der Waals surface area contributed by atoms with Crippen LogP contribution in [-0.2, 0) is 21.3 Å². The van der Waals surface area contributed by atoms with Crippen LogP contribution in [0.25, 0.3) is 0 Å². The topological polar surface area (TPSA) is 37.3 Å². The van der Waals surface area contributed by atoms with Gasteiger partial charge in [0.15, 0.2) is 6.16 Å². The molecule has 4 heteroatoms. The molecule has 0 aliphatic heterocycles. The van der Waals surface area contributed by atoms with Crippen LogP contribution in [0.3, 0.4) is 0 Å². The minimum atomic E-state index is -1.87. The summed E-state index contributed by atoms with van der Waals surface area (Å²) in [5.41, 5.74) is 0. The van der Waals surface area contributed by atoms with E-state index in [-0.39, 0.29) is 16.8 Å². The molecule has 1 N–H and O–H groups in total. The van der Waals surface area contributed by atoms with Crippen LogP contribution in [0.5, 0.6) is 0 Å². The molecule has 69 valence electrons. The van der Waals surface area contributed by atoms with Gasteiger partial charge in [0.25, 0.3) is 0 Å². The Morgan fingerprint density at radius 2 is 1.73 bits per heavy atom. The maximum absolute atomic E-state index is 10.2. The predicted molar refractivity (Wildman–Crippen MR) is 43.5 cm³/mol. The number of rotatable bonds is 6. The van der Waals surface area contributed by atoms with Gasteiger partial charge < -0.3 is 0 Å². The Morgan fingerprint density at radius 3 is 2.18 bits per heavy atom. The van der Waals surface area contributed by atoms with E-state index in [4.69, 9.17) is 4.89 Å². The molecule has 0 aliphatic rings. The molecule has 0 amide bonds. The molecular weight excluding hydrogens is 206 g/mol. The molecule has 0 rings (SSSR count). The Bertz CT molecular complexity index is 98.4. The number of hydrogen-bond acceptors (Lipinski definition) is 1.